The van der Waals surface area contributed by atoms with Gasteiger partial charge in [-0.05, 0) is 54.2 Å². The highest BCUT2D eigenvalue weighted by molar-refractivity contribution is 5.43. The quantitative estimate of drug-likeness (QED) is 0.782. The van der Waals surface area contributed by atoms with Crippen LogP contribution in [0.5, 0.6) is 0 Å². The highest BCUT2D eigenvalue weighted by Crippen LogP contribution is 2.32. The van der Waals surface area contributed by atoms with E-state index in [-0.39, 0.29) is 5.82 Å². The van der Waals surface area contributed by atoms with Crippen LogP contribution >= 0.6 is 0 Å². The van der Waals surface area contributed by atoms with Crippen molar-refractivity contribution < 1.29 is 4.39 Å². The molecule has 0 bridgehead atoms. The Hall–Kier alpha value is -1.83. The first-order valence-electron chi connectivity index (χ1n) is 7.89. The maximum atomic E-state index is 12.8. The zero-order valence-corrected chi connectivity index (χ0v) is 12.3. The lowest BCUT2D eigenvalue weighted by molar-refractivity contribution is 0.443. The summed E-state index contributed by atoms with van der Waals surface area (Å²) < 4.78 is 12.8. The molecule has 110 valence electrons. The van der Waals surface area contributed by atoms with Crippen LogP contribution in [0.15, 0.2) is 48.5 Å². The first-order chi connectivity index (χ1) is 10.3. The van der Waals surface area contributed by atoms with Gasteiger partial charge in [0.1, 0.15) is 5.82 Å². The van der Waals surface area contributed by atoms with Crippen LogP contribution < -0.4 is 5.32 Å². The van der Waals surface area contributed by atoms with Crippen molar-refractivity contribution in [2.24, 2.45) is 0 Å². The molecule has 2 aromatic carbocycles. The molecule has 21 heavy (non-hydrogen) atoms. The molecule has 2 heteroatoms. The standard InChI is InChI=1S/C19H22FN/c20-18-10-12-19(13-11-18)21-14-15-6-8-17(9-7-15)16-4-2-1-3-5-16/h6-13,16,21H,1-5,14H2. The minimum atomic E-state index is -0.197. The predicted molar refractivity (Wildman–Crippen MR) is 86.0 cm³/mol. The Morgan fingerprint density at radius 2 is 1.52 bits per heavy atom. The molecule has 0 spiro atoms. The summed E-state index contributed by atoms with van der Waals surface area (Å²) in [6, 6.07) is 15.5. The summed E-state index contributed by atoms with van der Waals surface area (Å²) in [5.74, 6) is 0.565. The van der Waals surface area contributed by atoms with Crippen molar-refractivity contribution in [3.05, 3.63) is 65.5 Å². The van der Waals surface area contributed by atoms with Gasteiger partial charge in [-0.25, -0.2) is 4.39 Å². The van der Waals surface area contributed by atoms with Crippen LogP contribution in [0.2, 0.25) is 0 Å². The molecule has 1 aliphatic carbocycles. The second kappa shape index (κ2) is 6.75. The molecule has 0 unspecified atom stereocenters. The molecule has 0 amide bonds. The Kier molecular flexibility index (Phi) is 4.54. The van der Waals surface area contributed by atoms with Crippen LogP contribution in [0.3, 0.4) is 0 Å². The van der Waals surface area contributed by atoms with Gasteiger partial charge in [0.05, 0.1) is 0 Å². The zero-order chi connectivity index (χ0) is 14.5. The molecule has 1 fully saturated rings. The summed E-state index contributed by atoms with van der Waals surface area (Å²) in [7, 11) is 0. The maximum absolute atomic E-state index is 12.8. The average Bonchev–Trinajstić information content (AvgIpc) is 2.56. The van der Waals surface area contributed by atoms with E-state index in [2.05, 4.69) is 29.6 Å². The summed E-state index contributed by atoms with van der Waals surface area (Å²) in [5.41, 5.74) is 3.70. The topological polar surface area (TPSA) is 12.0 Å². The molecule has 1 aliphatic rings. The number of anilines is 1. The van der Waals surface area contributed by atoms with E-state index in [4.69, 9.17) is 0 Å². The summed E-state index contributed by atoms with van der Waals surface area (Å²) in [4.78, 5) is 0. The van der Waals surface area contributed by atoms with E-state index in [1.165, 1.54) is 55.4 Å². The fraction of sp³-hybridized carbons (Fsp3) is 0.368. The van der Waals surface area contributed by atoms with Gasteiger partial charge in [0, 0.05) is 12.2 Å². The van der Waals surface area contributed by atoms with Gasteiger partial charge in [0.2, 0.25) is 0 Å². The molecule has 3 rings (SSSR count). The molecule has 0 aromatic heterocycles. The van der Waals surface area contributed by atoms with Crippen LogP contribution in [0.25, 0.3) is 0 Å². The Morgan fingerprint density at radius 1 is 0.857 bits per heavy atom. The van der Waals surface area contributed by atoms with Crippen LogP contribution in [-0.2, 0) is 6.54 Å². The number of rotatable bonds is 4. The monoisotopic (exact) mass is 283 g/mol. The fourth-order valence-corrected chi connectivity index (χ4v) is 3.12. The third-order valence-corrected chi connectivity index (χ3v) is 4.40. The van der Waals surface area contributed by atoms with E-state index < -0.39 is 0 Å². The van der Waals surface area contributed by atoms with Gasteiger partial charge >= 0.3 is 0 Å². The second-order valence-corrected chi connectivity index (χ2v) is 5.94. The molecule has 0 radical (unpaired) electrons. The van der Waals surface area contributed by atoms with Crippen molar-refractivity contribution in [2.45, 2.75) is 44.6 Å². The van der Waals surface area contributed by atoms with Crippen molar-refractivity contribution in [3.63, 3.8) is 0 Å². The fourth-order valence-electron chi connectivity index (χ4n) is 3.12. The van der Waals surface area contributed by atoms with Crippen molar-refractivity contribution >= 4 is 5.69 Å². The van der Waals surface area contributed by atoms with Crippen LogP contribution in [0, 0.1) is 5.82 Å². The lowest BCUT2D eigenvalue weighted by Crippen LogP contribution is -2.05. The Balaban J connectivity index is 1.57. The largest absolute Gasteiger partial charge is 0.381 e. The number of nitrogens with one attached hydrogen (secondary N) is 1. The summed E-state index contributed by atoms with van der Waals surface area (Å²) in [6.07, 6.45) is 6.83. The number of halogens is 1. The first kappa shape index (κ1) is 14.1. The van der Waals surface area contributed by atoms with Gasteiger partial charge < -0.3 is 5.32 Å². The third kappa shape index (κ3) is 3.84. The predicted octanol–water partition coefficient (Wildman–Crippen LogP) is 5.49. The molecule has 1 N–H and O–H groups in total. The molecule has 0 saturated heterocycles. The first-order valence-corrected chi connectivity index (χ1v) is 7.89. The van der Waals surface area contributed by atoms with E-state index in [1.54, 1.807) is 12.1 Å². The number of benzene rings is 2. The average molecular weight is 283 g/mol. The van der Waals surface area contributed by atoms with Gasteiger partial charge in [0.15, 0.2) is 0 Å². The van der Waals surface area contributed by atoms with Crippen molar-refractivity contribution in [2.75, 3.05) is 5.32 Å². The van der Waals surface area contributed by atoms with Crippen molar-refractivity contribution in [3.8, 4) is 0 Å². The normalized spacial score (nSPS) is 15.9. The molecule has 0 aliphatic heterocycles. The van der Waals surface area contributed by atoms with Gasteiger partial charge in [-0.15, -0.1) is 0 Å². The highest BCUT2D eigenvalue weighted by Gasteiger charge is 2.14. The minimum Gasteiger partial charge on any atom is -0.381 e. The van der Waals surface area contributed by atoms with Crippen LogP contribution in [0.4, 0.5) is 10.1 Å². The van der Waals surface area contributed by atoms with Crippen molar-refractivity contribution in [1.29, 1.82) is 0 Å². The van der Waals surface area contributed by atoms with Gasteiger partial charge in [-0.1, -0.05) is 43.5 Å². The Morgan fingerprint density at radius 3 is 2.19 bits per heavy atom. The van der Waals surface area contributed by atoms with Crippen molar-refractivity contribution in [1.82, 2.24) is 0 Å². The third-order valence-electron chi connectivity index (χ3n) is 4.40. The molecule has 0 heterocycles. The molecule has 0 atom stereocenters. The van der Waals surface area contributed by atoms with E-state index in [0.29, 0.717) is 0 Å². The number of hydrogen-bond donors (Lipinski definition) is 1. The minimum absolute atomic E-state index is 0.197. The van der Waals surface area contributed by atoms with E-state index >= 15 is 0 Å². The van der Waals surface area contributed by atoms with E-state index in [0.717, 1.165) is 18.2 Å². The Bertz CT molecular complexity index is 553. The summed E-state index contributed by atoms with van der Waals surface area (Å²) in [5, 5.41) is 3.32. The van der Waals surface area contributed by atoms with Gasteiger partial charge in [-0.3, -0.25) is 0 Å². The summed E-state index contributed by atoms with van der Waals surface area (Å²) >= 11 is 0. The SMILES string of the molecule is Fc1ccc(NCc2ccc(C3CCCCC3)cc2)cc1. The lowest BCUT2D eigenvalue weighted by atomic mass is 9.84. The second-order valence-electron chi connectivity index (χ2n) is 5.94. The molecular formula is C19H22FN. The smallest absolute Gasteiger partial charge is 0.123 e. The Labute approximate surface area is 126 Å². The zero-order valence-electron chi connectivity index (χ0n) is 12.3. The molecular weight excluding hydrogens is 261 g/mol. The number of hydrogen-bond acceptors (Lipinski definition) is 1. The molecule has 1 nitrogen and oxygen atoms in total. The van der Waals surface area contributed by atoms with Gasteiger partial charge in [-0.2, -0.15) is 0 Å². The summed E-state index contributed by atoms with van der Waals surface area (Å²) in [6.45, 7) is 0.774. The maximum Gasteiger partial charge on any atom is 0.123 e. The van der Waals surface area contributed by atoms with E-state index in [1.807, 2.05) is 0 Å². The molecule has 2 aromatic rings. The highest BCUT2D eigenvalue weighted by atomic mass is 19.1. The van der Waals surface area contributed by atoms with Crippen LogP contribution in [0.1, 0.15) is 49.1 Å². The van der Waals surface area contributed by atoms with Crippen LogP contribution in [-0.4, -0.2) is 0 Å². The molecule has 1 saturated carbocycles. The lowest BCUT2D eigenvalue weighted by Gasteiger charge is -2.22. The van der Waals surface area contributed by atoms with E-state index in [9.17, 15) is 4.39 Å². The van der Waals surface area contributed by atoms with Gasteiger partial charge in [0.25, 0.3) is 0 Å².